The Morgan fingerprint density at radius 1 is 1.08 bits per heavy atom. The van der Waals surface area contributed by atoms with Crippen molar-refractivity contribution in [2.24, 2.45) is 0 Å². The molecule has 25 heavy (non-hydrogen) atoms. The molecule has 0 spiro atoms. The molecule has 0 aromatic heterocycles. The van der Waals surface area contributed by atoms with Crippen molar-refractivity contribution in [2.75, 3.05) is 6.61 Å². The van der Waals surface area contributed by atoms with E-state index in [9.17, 15) is 9.59 Å². The monoisotopic (exact) mass is 361 g/mol. The average Bonchev–Trinajstić information content (AvgIpc) is 2.64. The summed E-state index contributed by atoms with van der Waals surface area (Å²) in [5, 5.41) is 3.31. The van der Waals surface area contributed by atoms with E-state index in [0.717, 1.165) is 5.56 Å². The Bertz CT molecular complexity index is 688. The van der Waals surface area contributed by atoms with Crippen molar-refractivity contribution in [1.29, 1.82) is 0 Å². The molecule has 0 aliphatic heterocycles. The van der Waals surface area contributed by atoms with Crippen LogP contribution in [0, 0.1) is 0 Å². The van der Waals surface area contributed by atoms with Crippen LogP contribution in [0.1, 0.15) is 18.9 Å². The standard InChI is InChI=1S/C19H20ClNO4/c1-2-17(25-16-6-4-3-5-7-16)19(23)24-13-18(22)21-12-14-8-10-15(20)11-9-14/h3-11,17H,2,12-13H2,1H3,(H,21,22)/t17-/m1/s1. The van der Waals surface area contributed by atoms with Gasteiger partial charge in [-0.2, -0.15) is 0 Å². The second kappa shape index (κ2) is 9.69. The highest BCUT2D eigenvalue weighted by Crippen LogP contribution is 2.13. The summed E-state index contributed by atoms with van der Waals surface area (Å²) in [6.07, 6.45) is -0.299. The number of ether oxygens (including phenoxy) is 2. The molecule has 0 aliphatic carbocycles. The maximum atomic E-state index is 12.1. The molecular weight excluding hydrogens is 342 g/mol. The van der Waals surface area contributed by atoms with Crippen molar-refractivity contribution >= 4 is 23.5 Å². The van der Waals surface area contributed by atoms with Gasteiger partial charge in [-0.25, -0.2) is 4.79 Å². The molecule has 0 bridgehead atoms. The average molecular weight is 362 g/mol. The topological polar surface area (TPSA) is 64.6 Å². The van der Waals surface area contributed by atoms with E-state index in [1.807, 2.05) is 37.3 Å². The second-order valence-corrected chi connectivity index (χ2v) is 5.78. The Morgan fingerprint density at radius 2 is 1.76 bits per heavy atom. The number of halogens is 1. The van der Waals surface area contributed by atoms with Crippen LogP contribution in [0.3, 0.4) is 0 Å². The van der Waals surface area contributed by atoms with Gasteiger partial charge >= 0.3 is 5.97 Å². The van der Waals surface area contributed by atoms with Crippen LogP contribution in [0.5, 0.6) is 5.75 Å². The van der Waals surface area contributed by atoms with Crippen molar-refractivity contribution in [2.45, 2.75) is 26.0 Å². The lowest BCUT2D eigenvalue weighted by atomic mass is 10.2. The maximum Gasteiger partial charge on any atom is 0.347 e. The quantitative estimate of drug-likeness (QED) is 0.732. The predicted octanol–water partition coefficient (Wildman–Crippen LogP) is 3.36. The number of carbonyl (C=O) groups is 2. The van der Waals surface area contributed by atoms with Crippen LogP contribution in [-0.4, -0.2) is 24.6 Å². The van der Waals surface area contributed by atoms with Gasteiger partial charge in [0.15, 0.2) is 12.7 Å². The SMILES string of the molecule is CC[C@@H](Oc1ccccc1)C(=O)OCC(=O)NCc1ccc(Cl)cc1. The Morgan fingerprint density at radius 3 is 2.40 bits per heavy atom. The highest BCUT2D eigenvalue weighted by molar-refractivity contribution is 6.30. The Hall–Kier alpha value is -2.53. The van der Waals surface area contributed by atoms with E-state index in [1.165, 1.54) is 0 Å². The lowest BCUT2D eigenvalue weighted by Gasteiger charge is -2.16. The third kappa shape index (κ3) is 6.47. The van der Waals surface area contributed by atoms with Crippen molar-refractivity contribution in [3.63, 3.8) is 0 Å². The number of para-hydroxylation sites is 1. The first kappa shape index (κ1) is 18.8. The van der Waals surface area contributed by atoms with Gasteiger partial charge in [0.05, 0.1) is 0 Å². The summed E-state index contributed by atoms with van der Waals surface area (Å²) in [5.41, 5.74) is 0.905. The van der Waals surface area contributed by atoms with Gasteiger partial charge in [0.25, 0.3) is 5.91 Å². The summed E-state index contributed by atoms with van der Waals surface area (Å²) in [6.45, 7) is 1.81. The minimum atomic E-state index is -0.744. The Balaban J connectivity index is 1.75. The van der Waals surface area contributed by atoms with Crippen LogP contribution < -0.4 is 10.1 Å². The predicted molar refractivity (Wildman–Crippen MR) is 95.4 cm³/mol. The molecular formula is C19H20ClNO4. The molecule has 0 aliphatic rings. The fourth-order valence-electron chi connectivity index (χ4n) is 2.04. The van der Waals surface area contributed by atoms with Gasteiger partial charge in [0.2, 0.25) is 0 Å². The number of benzene rings is 2. The lowest BCUT2D eigenvalue weighted by molar-refractivity contribution is -0.155. The van der Waals surface area contributed by atoms with E-state index < -0.39 is 12.1 Å². The highest BCUT2D eigenvalue weighted by Gasteiger charge is 2.21. The molecule has 2 aromatic rings. The van der Waals surface area contributed by atoms with E-state index in [2.05, 4.69) is 5.32 Å². The number of hydrogen-bond acceptors (Lipinski definition) is 4. The normalized spacial score (nSPS) is 11.4. The molecule has 2 aromatic carbocycles. The summed E-state index contributed by atoms with van der Waals surface area (Å²) in [5.74, 6) is -0.357. The Labute approximate surface area is 151 Å². The minimum Gasteiger partial charge on any atom is -0.479 e. The first-order valence-corrected chi connectivity index (χ1v) is 8.35. The zero-order valence-corrected chi connectivity index (χ0v) is 14.7. The third-order valence-corrected chi connectivity index (χ3v) is 3.66. The number of rotatable bonds is 8. The molecule has 1 atom stereocenters. The van der Waals surface area contributed by atoms with Crippen molar-refractivity contribution < 1.29 is 19.1 Å². The molecule has 0 saturated heterocycles. The summed E-state index contributed by atoms with van der Waals surface area (Å²) >= 11 is 5.80. The summed E-state index contributed by atoms with van der Waals surface area (Å²) in [6, 6.07) is 16.1. The molecule has 2 rings (SSSR count). The van der Waals surface area contributed by atoms with Crippen LogP contribution in [0.15, 0.2) is 54.6 Å². The molecule has 0 radical (unpaired) electrons. The van der Waals surface area contributed by atoms with Gasteiger partial charge in [0.1, 0.15) is 5.75 Å². The largest absolute Gasteiger partial charge is 0.479 e. The molecule has 0 fully saturated rings. The van der Waals surface area contributed by atoms with E-state index in [1.54, 1.807) is 24.3 Å². The lowest BCUT2D eigenvalue weighted by Crippen LogP contribution is -2.33. The van der Waals surface area contributed by atoms with Crippen LogP contribution >= 0.6 is 11.6 Å². The molecule has 1 amide bonds. The summed E-state index contributed by atoms with van der Waals surface area (Å²) in [4.78, 5) is 23.9. The van der Waals surface area contributed by atoms with Gasteiger partial charge in [-0.1, -0.05) is 48.9 Å². The number of amides is 1. The van der Waals surface area contributed by atoms with Crippen LogP contribution in [0.25, 0.3) is 0 Å². The fraction of sp³-hybridized carbons (Fsp3) is 0.263. The van der Waals surface area contributed by atoms with E-state index in [4.69, 9.17) is 21.1 Å². The van der Waals surface area contributed by atoms with Crippen LogP contribution in [-0.2, 0) is 20.9 Å². The Kier molecular flexibility index (Phi) is 7.29. The first-order valence-electron chi connectivity index (χ1n) is 7.98. The third-order valence-electron chi connectivity index (χ3n) is 3.40. The van der Waals surface area contributed by atoms with Gasteiger partial charge in [0, 0.05) is 11.6 Å². The number of nitrogens with one attached hydrogen (secondary N) is 1. The van der Waals surface area contributed by atoms with Gasteiger partial charge in [-0.05, 0) is 36.2 Å². The molecule has 0 heterocycles. The van der Waals surface area contributed by atoms with Crippen molar-refractivity contribution in [3.05, 3.63) is 65.2 Å². The number of esters is 1. The highest BCUT2D eigenvalue weighted by atomic mass is 35.5. The molecule has 6 heteroatoms. The minimum absolute atomic E-state index is 0.339. The molecule has 0 unspecified atom stereocenters. The number of hydrogen-bond donors (Lipinski definition) is 1. The van der Waals surface area contributed by atoms with Gasteiger partial charge < -0.3 is 14.8 Å². The van der Waals surface area contributed by atoms with Crippen molar-refractivity contribution in [1.82, 2.24) is 5.32 Å². The second-order valence-electron chi connectivity index (χ2n) is 5.34. The molecule has 1 N–H and O–H groups in total. The zero-order chi connectivity index (χ0) is 18.1. The van der Waals surface area contributed by atoms with Gasteiger partial charge in [-0.3, -0.25) is 4.79 Å². The van der Waals surface area contributed by atoms with Gasteiger partial charge in [-0.15, -0.1) is 0 Å². The molecule has 0 saturated carbocycles. The summed E-state index contributed by atoms with van der Waals surface area (Å²) in [7, 11) is 0. The molecule has 132 valence electrons. The van der Waals surface area contributed by atoms with E-state index in [0.29, 0.717) is 23.7 Å². The fourth-order valence-corrected chi connectivity index (χ4v) is 2.17. The maximum absolute atomic E-state index is 12.1. The number of carbonyl (C=O) groups excluding carboxylic acids is 2. The summed E-state index contributed by atoms with van der Waals surface area (Å²) < 4.78 is 10.6. The molecule has 5 nitrogen and oxygen atoms in total. The van der Waals surface area contributed by atoms with Crippen LogP contribution in [0.2, 0.25) is 5.02 Å². The first-order chi connectivity index (χ1) is 12.1. The van der Waals surface area contributed by atoms with Crippen LogP contribution in [0.4, 0.5) is 0 Å². The van der Waals surface area contributed by atoms with E-state index >= 15 is 0 Å². The smallest absolute Gasteiger partial charge is 0.347 e. The zero-order valence-electron chi connectivity index (χ0n) is 13.9. The van der Waals surface area contributed by atoms with E-state index in [-0.39, 0.29) is 12.5 Å². The van der Waals surface area contributed by atoms with Crippen molar-refractivity contribution in [3.8, 4) is 5.75 Å².